The van der Waals surface area contributed by atoms with Gasteiger partial charge in [0.1, 0.15) is 6.04 Å². The molecule has 0 radical (unpaired) electrons. The first kappa shape index (κ1) is 16.0. The Morgan fingerprint density at radius 2 is 2.20 bits per heavy atom. The Bertz CT molecular complexity index is 872. The van der Waals surface area contributed by atoms with Gasteiger partial charge in [0, 0.05) is 42.4 Å². The average Bonchev–Trinajstić information content (AvgIpc) is 3.28. The van der Waals surface area contributed by atoms with Crippen molar-refractivity contribution in [1.82, 2.24) is 24.8 Å². The second kappa shape index (κ2) is 6.76. The predicted octanol–water partition coefficient (Wildman–Crippen LogP) is 2.68. The smallest absolute Gasteiger partial charge is 0.223 e. The van der Waals surface area contributed by atoms with Crippen molar-refractivity contribution in [3.63, 3.8) is 0 Å². The lowest BCUT2D eigenvalue weighted by Gasteiger charge is -2.35. The maximum absolute atomic E-state index is 13.0. The van der Waals surface area contributed by atoms with Gasteiger partial charge in [-0.1, -0.05) is 0 Å². The minimum absolute atomic E-state index is 0.145. The van der Waals surface area contributed by atoms with Gasteiger partial charge in [-0.15, -0.1) is 11.3 Å². The Balaban J connectivity index is 1.59. The van der Waals surface area contributed by atoms with E-state index < -0.39 is 0 Å². The molecular weight excluding hydrogens is 334 g/mol. The highest BCUT2D eigenvalue weighted by Crippen LogP contribution is 2.33. The van der Waals surface area contributed by atoms with Gasteiger partial charge in [0.05, 0.1) is 23.2 Å². The number of carbonyl (C=O) groups is 1. The van der Waals surface area contributed by atoms with Gasteiger partial charge in [0.2, 0.25) is 5.91 Å². The number of nitrogens with one attached hydrogen (secondary N) is 1. The molecule has 7 heteroatoms. The summed E-state index contributed by atoms with van der Waals surface area (Å²) in [4.78, 5) is 32.2. The molecule has 0 saturated heterocycles. The number of nitrogens with zero attached hydrogens (tertiary/aromatic N) is 4. The van der Waals surface area contributed by atoms with Crippen molar-refractivity contribution in [3.8, 4) is 0 Å². The summed E-state index contributed by atoms with van der Waals surface area (Å²) in [7, 11) is 0. The molecule has 1 atom stereocenters. The van der Waals surface area contributed by atoms with Crippen LogP contribution in [0.2, 0.25) is 0 Å². The summed E-state index contributed by atoms with van der Waals surface area (Å²) < 4.78 is 0. The maximum atomic E-state index is 13.0. The van der Waals surface area contributed by atoms with Crippen molar-refractivity contribution < 1.29 is 4.79 Å². The summed E-state index contributed by atoms with van der Waals surface area (Å²) in [5.74, 6) is 0.156. The number of amides is 1. The molecule has 4 heterocycles. The molecule has 4 rings (SSSR count). The summed E-state index contributed by atoms with van der Waals surface area (Å²) in [5.41, 5.74) is 5.97. The number of aromatic nitrogens is 4. The Morgan fingerprint density at radius 3 is 2.96 bits per heavy atom. The predicted molar refractivity (Wildman–Crippen MR) is 95.3 cm³/mol. The number of rotatable bonds is 4. The molecule has 0 fully saturated rings. The van der Waals surface area contributed by atoms with E-state index in [2.05, 4.69) is 19.9 Å². The Hall–Kier alpha value is -2.54. The van der Waals surface area contributed by atoms with E-state index in [4.69, 9.17) is 0 Å². The van der Waals surface area contributed by atoms with Crippen LogP contribution in [0.1, 0.15) is 40.0 Å². The molecule has 25 heavy (non-hydrogen) atoms. The van der Waals surface area contributed by atoms with Crippen molar-refractivity contribution in [2.24, 2.45) is 0 Å². The summed E-state index contributed by atoms with van der Waals surface area (Å²) in [6.45, 7) is 2.69. The first-order valence-corrected chi connectivity index (χ1v) is 9.22. The van der Waals surface area contributed by atoms with Gasteiger partial charge >= 0.3 is 0 Å². The van der Waals surface area contributed by atoms with Crippen molar-refractivity contribution in [3.05, 3.63) is 63.9 Å². The van der Waals surface area contributed by atoms with Crippen molar-refractivity contribution in [2.75, 3.05) is 6.54 Å². The van der Waals surface area contributed by atoms with E-state index in [1.54, 1.807) is 30.1 Å². The molecule has 0 aliphatic carbocycles. The lowest BCUT2D eigenvalue weighted by molar-refractivity contribution is -0.133. The minimum Gasteiger partial charge on any atom is -0.348 e. The molecule has 0 aromatic carbocycles. The van der Waals surface area contributed by atoms with Crippen molar-refractivity contribution in [1.29, 1.82) is 0 Å². The summed E-state index contributed by atoms with van der Waals surface area (Å²) in [6, 6.07) is 3.78. The van der Waals surface area contributed by atoms with Crippen LogP contribution in [0, 0.1) is 6.92 Å². The number of aryl methyl sites for hydroxylation is 2. The average molecular weight is 353 g/mol. The number of H-pyrrole nitrogens is 1. The van der Waals surface area contributed by atoms with Gasteiger partial charge in [-0.25, -0.2) is 9.97 Å². The molecule has 0 spiro atoms. The largest absolute Gasteiger partial charge is 0.348 e. The summed E-state index contributed by atoms with van der Waals surface area (Å²) in [5, 5.41) is 0. The standard InChI is InChI=1S/C18H19N5OS/c1-12-15(25-11-22-12)2-3-16(24)23-9-6-14-17(21-10-20-14)18(23)13-4-7-19-8-5-13/h4-5,7-8,10-11,18H,2-3,6,9H2,1H3,(H,20,21)/t18-/m0/s1. The van der Waals surface area contributed by atoms with E-state index in [1.165, 1.54) is 4.88 Å². The van der Waals surface area contributed by atoms with Gasteiger partial charge in [-0.2, -0.15) is 0 Å². The fraction of sp³-hybridized carbons (Fsp3) is 0.333. The zero-order chi connectivity index (χ0) is 17.2. The number of fused-ring (bicyclic) bond motifs is 1. The van der Waals surface area contributed by atoms with Crippen molar-refractivity contribution >= 4 is 17.2 Å². The zero-order valence-electron chi connectivity index (χ0n) is 14.0. The van der Waals surface area contributed by atoms with Crippen LogP contribution in [-0.2, 0) is 17.6 Å². The van der Waals surface area contributed by atoms with Gasteiger partial charge in [0.15, 0.2) is 0 Å². The molecule has 3 aromatic heterocycles. The topological polar surface area (TPSA) is 74.8 Å². The highest BCUT2D eigenvalue weighted by molar-refractivity contribution is 7.09. The van der Waals surface area contributed by atoms with E-state index in [-0.39, 0.29) is 11.9 Å². The van der Waals surface area contributed by atoms with Crippen LogP contribution < -0.4 is 0 Å². The molecule has 128 valence electrons. The van der Waals surface area contributed by atoms with Crippen LogP contribution in [0.4, 0.5) is 0 Å². The van der Waals surface area contributed by atoms with Gasteiger partial charge < -0.3 is 9.88 Å². The number of pyridine rings is 1. The van der Waals surface area contributed by atoms with E-state index in [0.717, 1.165) is 35.5 Å². The van der Waals surface area contributed by atoms with E-state index in [0.29, 0.717) is 13.0 Å². The number of carbonyl (C=O) groups excluding carboxylic acids is 1. The Morgan fingerprint density at radius 1 is 1.36 bits per heavy atom. The molecule has 0 unspecified atom stereocenters. The molecule has 1 amide bonds. The summed E-state index contributed by atoms with van der Waals surface area (Å²) in [6.07, 6.45) is 7.28. The van der Waals surface area contributed by atoms with Gasteiger partial charge in [-0.3, -0.25) is 9.78 Å². The molecule has 6 nitrogen and oxygen atoms in total. The number of hydrogen-bond acceptors (Lipinski definition) is 5. The molecule has 1 aliphatic heterocycles. The maximum Gasteiger partial charge on any atom is 0.223 e. The fourth-order valence-electron chi connectivity index (χ4n) is 3.36. The van der Waals surface area contributed by atoms with Crippen LogP contribution in [0.25, 0.3) is 0 Å². The molecule has 0 saturated carbocycles. The Kier molecular flexibility index (Phi) is 4.31. The monoisotopic (exact) mass is 353 g/mol. The minimum atomic E-state index is -0.145. The first-order chi connectivity index (χ1) is 12.2. The number of aromatic amines is 1. The molecular formula is C18H19N5OS. The second-order valence-corrected chi connectivity index (χ2v) is 7.09. The lowest BCUT2D eigenvalue weighted by Crippen LogP contribution is -2.40. The van der Waals surface area contributed by atoms with Gasteiger partial charge in [0.25, 0.3) is 0 Å². The van der Waals surface area contributed by atoms with Gasteiger partial charge in [-0.05, 0) is 31.0 Å². The van der Waals surface area contributed by atoms with Crippen LogP contribution in [-0.4, -0.2) is 37.3 Å². The highest BCUT2D eigenvalue weighted by Gasteiger charge is 2.33. The van der Waals surface area contributed by atoms with Crippen LogP contribution >= 0.6 is 11.3 Å². The molecule has 1 N–H and O–H groups in total. The fourth-order valence-corrected chi connectivity index (χ4v) is 4.14. The summed E-state index contributed by atoms with van der Waals surface area (Å²) >= 11 is 1.62. The van der Waals surface area contributed by atoms with Crippen molar-refractivity contribution in [2.45, 2.75) is 32.2 Å². The first-order valence-electron chi connectivity index (χ1n) is 8.34. The van der Waals surface area contributed by atoms with E-state index in [9.17, 15) is 4.79 Å². The van der Waals surface area contributed by atoms with Crippen LogP contribution in [0.5, 0.6) is 0 Å². The SMILES string of the molecule is Cc1ncsc1CCC(=O)N1CCc2[nH]cnc2[C@@H]1c1ccncc1. The third kappa shape index (κ3) is 3.07. The number of hydrogen-bond donors (Lipinski definition) is 1. The Labute approximate surface area is 150 Å². The molecule has 0 bridgehead atoms. The zero-order valence-corrected chi connectivity index (χ0v) is 14.8. The number of thiazole rings is 1. The van der Waals surface area contributed by atoms with E-state index >= 15 is 0 Å². The normalized spacial score (nSPS) is 16.7. The lowest BCUT2D eigenvalue weighted by atomic mass is 9.96. The quantitative estimate of drug-likeness (QED) is 0.782. The van der Waals surface area contributed by atoms with E-state index in [1.807, 2.05) is 29.5 Å². The third-order valence-electron chi connectivity index (χ3n) is 4.68. The van der Waals surface area contributed by atoms with Crippen LogP contribution in [0.15, 0.2) is 36.4 Å². The number of imidazole rings is 1. The third-order valence-corrected chi connectivity index (χ3v) is 5.67. The second-order valence-electron chi connectivity index (χ2n) is 6.15. The molecule has 1 aliphatic rings. The highest BCUT2D eigenvalue weighted by atomic mass is 32.1. The molecule has 3 aromatic rings. The van der Waals surface area contributed by atoms with Crippen LogP contribution in [0.3, 0.4) is 0 Å².